The molecule has 0 radical (unpaired) electrons. The largest absolute Gasteiger partial charge is 0.442 e. The van der Waals surface area contributed by atoms with E-state index < -0.39 is 0 Å². The number of nitrogens with zero attached hydrogens (tertiary/aromatic N) is 1. The second-order valence-electron chi connectivity index (χ2n) is 6.06. The third kappa shape index (κ3) is 2.31. The van der Waals surface area contributed by atoms with Gasteiger partial charge in [-0.3, -0.25) is 9.59 Å². The van der Waals surface area contributed by atoms with Crippen molar-refractivity contribution in [3.8, 4) is 0 Å². The number of nitrogens with one attached hydrogen (secondary N) is 2. The molecule has 0 spiro atoms. The lowest BCUT2D eigenvalue weighted by atomic mass is 9.87. The van der Waals surface area contributed by atoms with Crippen LogP contribution in [-0.2, 0) is 6.42 Å². The molecule has 0 fully saturated rings. The highest BCUT2D eigenvalue weighted by molar-refractivity contribution is 6.06. The Bertz CT molecular complexity index is 987. The number of carbonyl (C=O) groups is 1. The summed E-state index contributed by atoms with van der Waals surface area (Å²) in [5.74, 6) is 0.0993. The van der Waals surface area contributed by atoms with E-state index in [1.165, 1.54) is 11.9 Å². The normalized spacial score (nSPS) is 16.8. The molecule has 6 nitrogen and oxygen atoms in total. The van der Waals surface area contributed by atoms with Crippen molar-refractivity contribution in [3.63, 3.8) is 0 Å². The number of hydrogen-bond acceptors (Lipinski definition) is 4. The van der Waals surface area contributed by atoms with Crippen LogP contribution in [0.4, 0.5) is 0 Å². The number of fused-ring (bicyclic) bond motifs is 2. The SMILES string of the molecule is Cc1oc2nc[nH]c(=O)c2c1C(=O)N[C@@H]1CCCc2ccccc21. The molecule has 2 aromatic heterocycles. The first-order valence-electron chi connectivity index (χ1n) is 8.00. The predicted molar refractivity (Wildman–Crippen MR) is 89.0 cm³/mol. The molecule has 1 aliphatic carbocycles. The lowest BCUT2D eigenvalue weighted by Gasteiger charge is -2.26. The first-order chi connectivity index (χ1) is 11.6. The van der Waals surface area contributed by atoms with Crippen LogP contribution in [0.3, 0.4) is 0 Å². The number of aromatic nitrogens is 2. The summed E-state index contributed by atoms with van der Waals surface area (Å²) in [6.07, 6.45) is 4.20. The fourth-order valence-electron chi connectivity index (χ4n) is 3.46. The van der Waals surface area contributed by atoms with E-state index in [9.17, 15) is 9.59 Å². The minimum absolute atomic E-state index is 0.0532. The molecule has 1 amide bonds. The lowest BCUT2D eigenvalue weighted by molar-refractivity contribution is 0.0932. The van der Waals surface area contributed by atoms with Gasteiger partial charge in [-0.2, -0.15) is 0 Å². The van der Waals surface area contributed by atoms with Crippen molar-refractivity contribution < 1.29 is 9.21 Å². The Hall–Kier alpha value is -2.89. The molecule has 1 atom stereocenters. The summed E-state index contributed by atoms with van der Waals surface area (Å²) >= 11 is 0. The Morgan fingerprint density at radius 2 is 2.21 bits per heavy atom. The van der Waals surface area contributed by atoms with Gasteiger partial charge in [-0.05, 0) is 37.3 Å². The highest BCUT2D eigenvalue weighted by Gasteiger charge is 2.26. The molecule has 6 heteroatoms. The van der Waals surface area contributed by atoms with Gasteiger partial charge in [0.2, 0.25) is 5.71 Å². The van der Waals surface area contributed by atoms with Crippen molar-refractivity contribution in [1.82, 2.24) is 15.3 Å². The van der Waals surface area contributed by atoms with E-state index in [-0.39, 0.29) is 34.2 Å². The zero-order chi connectivity index (χ0) is 16.7. The van der Waals surface area contributed by atoms with Crippen molar-refractivity contribution in [2.45, 2.75) is 32.2 Å². The van der Waals surface area contributed by atoms with Crippen LogP contribution < -0.4 is 10.9 Å². The molecular formula is C18H17N3O3. The topological polar surface area (TPSA) is 88.0 Å². The van der Waals surface area contributed by atoms with Gasteiger partial charge in [-0.25, -0.2) is 4.98 Å². The smallest absolute Gasteiger partial charge is 0.262 e. The summed E-state index contributed by atoms with van der Waals surface area (Å²) in [6.45, 7) is 1.67. The second kappa shape index (κ2) is 5.63. The van der Waals surface area contributed by atoms with Crippen LogP contribution in [0.15, 0.2) is 39.8 Å². The summed E-state index contributed by atoms with van der Waals surface area (Å²) in [5, 5.41) is 3.26. The minimum atomic E-state index is -0.369. The Morgan fingerprint density at radius 3 is 3.08 bits per heavy atom. The van der Waals surface area contributed by atoms with Crippen LogP contribution in [0, 0.1) is 6.92 Å². The first kappa shape index (κ1) is 14.7. The third-order valence-electron chi connectivity index (χ3n) is 4.57. The molecule has 122 valence electrons. The van der Waals surface area contributed by atoms with Crippen LogP contribution >= 0.6 is 0 Å². The van der Waals surface area contributed by atoms with Gasteiger partial charge in [0, 0.05) is 0 Å². The van der Waals surface area contributed by atoms with Crippen LogP contribution in [-0.4, -0.2) is 15.9 Å². The maximum atomic E-state index is 12.8. The molecule has 1 aromatic carbocycles. The Labute approximate surface area is 137 Å². The molecular weight excluding hydrogens is 306 g/mol. The second-order valence-corrected chi connectivity index (χ2v) is 6.06. The van der Waals surface area contributed by atoms with Gasteiger partial charge in [0.25, 0.3) is 11.5 Å². The van der Waals surface area contributed by atoms with Crippen molar-refractivity contribution in [2.75, 3.05) is 0 Å². The summed E-state index contributed by atoms with van der Waals surface area (Å²) in [6, 6.07) is 8.09. The predicted octanol–water partition coefficient (Wildman–Crippen LogP) is 2.63. The highest BCUT2D eigenvalue weighted by atomic mass is 16.3. The van der Waals surface area contributed by atoms with E-state index in [1.54, 1.807) is 6.92 Å². The van der Waals surface area contributed by atoms with Crippen LogP contribution in [0.1, 0.15) is 46.1 Å². The maximum Gasteiger partial charge on any atom is 0.262 e. The fourth-order valence-corrected chi connectivity index (χ4v) is 3.46. The third-order valence-corrected chi connectivity index (χ3v) is 4.57. The van der Waals surface area contributed by atoms with Crippen molar-refractivity contribution in [2.24, 2.45) is 0 Å². The lowest BCUT2D eigenvalue weighted by Crippen LogP contribution is -2.31. The van der Waals surface area contributed by atoms with Gasteiger partial charge in [0.05, 0.1) is 17.9 Å². The zero-order valence-electron chi connectivity index (χ0n) is 13.3. The number of aromatic amines is 1. The molecule has 1 aliphatic rings. The van der Waals surface area contributed by atoms with E-state index in [0.717, 1.165) is 24.8 Å². The fraction of sp³-hybridized carbons (Fsp3) is 0.278. The van der Waals surface area contributed by atoms with E-state index >= 15 is 0 Å². The summed E-state index contributed by atoms with van der Waals surface area (Å²) in [7, 11) is 0. The molecule has 24 heavy (non-hydrogen) atoms. The molecule has 0 aliphatic heterocycles. The number of carbonyl (C=O) groups excluding carboxylic acids is 1. The standard InChI is InChI=1S/C18H17N3O3/c1-10-14(15-16(22)19-9-20-18(15)24-10)17(23)21-13-8-4-6-11-5-2-3-7-12(11)13/h2-3,5,7,9,13H,4,6,8H2,1H3,(H,21,23)(H,19,20,22)/t13-/m1/s1. The van der Waals surface area contributed by atoms with Gasteiger partial charge in [0.1, 0.15) is 11.1 Å². The highest BCUT2D eigenvalue weighted by Crippen LogP contribution is 2.30. The molecule has 0 unspecified atom stereocenters. The molecule has 0 saturated carbocycles. The number of rotatable bonds is 2. The van der Waals surface area contributed by atoms with Gasteiger partial charge >= 0.3 is 0 Å². The molecule has 0 saturated heterocycles. The first-order valence-corrected chi connectivity index (χ1v) is 8.00. The van der Waals surface area contributed by atoms with E-state index in [2.05, 4.69) is 21.4 Å². The number of aryl methyl sites for hydroxylation is 2. The van der Waals surface area contributed by atoms with Gasteiger partial charge in [-0.1, -0.05) is 24.3 Å². The van der Waals surface area contributed by atoms with Crippen LogP contribution in [0.25, 0.3) is 11.1 Å². The van der Waals surface area contributed by atoms with E-state index in [1.807, 2.05) is 18.2 Å². The average Bonchev–Trinajstić information content (AvgIpc) is 2.92. The number of hydrogen-bond donors (Lipinski definition) is 2. The van der Waals surface area contributed by atoms with E-state index in [0.29, 0.717) is 5.76 Å². The van der Waals surface area contributed by atoms with Crippen molar-refractivity contribution in [1.29, 1.82) is 0 Å². The van der Waals surface area contributed by atoms with Crippen LogP contribution in [0.5, 0.6) is 0 Å². The van der Waals surface area contributed by atoms with Gasteiger partial charge in [0.15, 0.2) is 0 Å². The minimum Gasteiger partial charge on any atom is -0.442 e. The number of H-pyrrole nitrogens is 1. The number of amides is 1. The Kier molecular flexibility index (Phi) is 3.45. The van der Waals surface area contributed by atoms with Gasteiger partial charge < -0.3 is 14.7 Å². The average molecular weight is 323 g/mol. The molecule has 0 bridgehead atoms. The summed E-state index contributed by atoms with van der Waals surface area (Å²) in [4.78, 5) is 31.4. The van der Waals surface area contributed by atoms with Crippen molar-refractivity contribution in [3.05, 3.63) is 63.4 Å². The maximum absolute atomic E-state index is 12.8. The van der Waals surface area contributed by atoms with Gasteiger partial charge in [-0.15, -0.1) is 0 Å². The molecule has 4 rings (SSSR count). The number of furan rings is 1. The molecule has 3 aromatic rings. The summed E-state index contributed by atoms with van der Waals surface area (Å²) < 4.78 is 5.47. The quantitative estimate of drug-likeness (QED) is 0.759. The van der Waals surface area contributed by atoms with E-state index in [4.69, 9.17) is 4.42 Å². The Balaban J connectivity index is 1.72. The zero-order valence-corrected chi connectivity index (χ0v) is 13.3. The molecule has 2 heterocycles. The molecule has 2 N–H and O–H groups in total. The summed E-state index contributed by atoms with van der Waals surface area (Å²) in [5.41, 5.74) is 2.50. The Morgan fingerprint density at radius 1 is 1.38 bits per heavy atom. The monoisotopic (exact) mass is 323 g/mol. The van der Waals surface area contributed by atoms with Crippen LogP contribution in [0.2, 0.25) is 0 Å². The van der Waals surface area contributed by atoms with Crippen molar-refractivity contribution >= 4 is 17.0 Å². The number of benzene rings is 1.